The van der Waals surface area contributed by atoms with Crippen molar-refractivity contribution >= 4 is 5.91 Å². The number of hydrogen-bond acceptors (Lipinski definition) is 3. The Balaban J connectivity index is 2.33. The van der Waals surface area contributed by atoms with E-state index in [0.29, 0.717) is 0 Å². The molecule has 0 aromatic rings. The van der Waals surface area contributed by atoms with Crippen molar-refractivity contribution in [1.82, 2.24) is 10.6 Å². The number of methoxy groups -OCH3 is 1. The lowest BCUT2D eigenvalue weighted by Gasteiger charge is -2.27. The summed E-state index contributed by atoms with van der Waals surface area (Å²) in [4.78, 5) is 11.8. The Morgan fingerprint density at radius 2 is 2.31 bits per heavy atom. The molecule has 2 N–H and O–H groups in total. The van der Waals surface area contributed by atoms with E-state index < -0.39 is 0 Å². The van der Waals surface area contributed by atoms with Gasteiger partial charge in [0.25, 0.3) is 0 Å². The first-order valence-corrected chi connectivity index (χ1v) is 6.03. The monoisotopic (exact) mass is 228 g/mol. The van der Waals surface area contributed by atoms with Crippen LogP contribution in [0.15, 0.2) is 0 Å². The first-order chi connectivity index (χ1) is 7.44. The van der Waals surface area contributed by atoms with Crippen molar-refractivity contribution in [1.29, 1.82) is 0 Å². The van der Waals surface area contributed by atoms with Crippen LogP contribution in [0, 0.1) is 0 Å². The zero-order chi connectivity index (χ0) is 12.2. The molecule has 1 heterocycles. The fourth-order valence-electron chi connectivity index (χ4n) is 2.12. The SMILES string of the molecule is COC(C)(C)CC(C)NC(=O)C1CCCN1. The van der Waals surface area contributed by atoms with E-state index in [0.717, 1.165) is 25.8 Å². The highest BCUT2D eigenvalue weighted by Crippen LogP contribution is 2.15. The van der Waals surface area contributed by atoms with Crippen LogP contribution in [0.5, 0.6) is 0 Å². The molecule has 1 aliphatic rings. The molecule has 4 nitrogen and oxygen atoms in total. The molecule has 0 radical (unpaired) electrons. The highest BCUT2D eigenvalue weighted by Gasteiger charge is 2.25. The van der Waals surface area contributed by atoms with Gasteiger partial charge in [-0.1, -0.05) is 0 Å². The third-order valence-corrected chi connectivity index (χ3v) is 3.12. The Kier molecular flexibility index (Phi) is 4.74. The molecular weight excluding hydrogens is 204 g/mol. The van der Waals surface area contributed by atoms with Crippen molar-refractivity contribution in [3.63, 3.8) is 0 Å². The number of nitrogens with one attached hydrogen (secondary N) is 2. The largest absolute Gasteiger partial charge is 0.379 e. The van der Waals surface area contributed by atoms with E-state index in [1.165, 1.54) is 0 Å². The summed E-state index contributed by atoms with van der Waals surface area (Å²) in [5, 5.41) is 6.23. The van der Waals surface area contributed by atoms with Crippen molar-refractivity contribution in [3.05, 3.63) is 0 Å². The Morgan fingerprint density at radius 1 is 1.62 bits per heavy atom. The van der Waals surface area contributed by atoms with Crippen LogP contribution in [0.3, 0.4) is 0 Å². The van der Waals surface area contributed by atoms with E-state index in [1.807, 2.05) is 20.8 Å². The predicted molar refractivity (Wildman–Crippen MR) is 64.3 cm³/mol. The molecule has 2 atom stereocenters. The third-order valence-electron chi connectivity index (χ3n) is 3.12. The molecular formula is C12H24N2O2. The quantitative estimate of drug-likeness (QED) is 0.739. The van der Waals surface area contributed by atoms with Gasteiger partial charge in [-0.25, -0.2) is 0 Å². The fraction of sp³-hybridized carbons (Fsp3) is 0.917. The van der Waals surface area contributed by atoms with Crippen LogP contribution >= 0.6 is 0 Å². The first-order valence-electron chi connectivity index (χ1n) is 6.03. The second kappa shape index (κ2) is 5.64. The zero-order valence-electron chi connectivity index (χ0n) is 10.8. The fourth-order valence-corrected chi connectivity index (χ4v) is 2.12. The average Bonchev–Trinajstić information content (AvgIpc) is 2.69. The Hall–Kier alpha value is -0.610. The molecule has 1 aliphatic heterocycles. The van der Waals surface area contributed by atoms with Crippen LogP contribution in [-0.2, 0) is 9.53 Å². The van der Waals surface area contributed by atoms with Crippen LogP contribution in [0.4, 0.5) is 0 Å². The lowest BCUT2D eigenvalue weighted by atomic mass is 9.99. The van der Waals surface area contributed by atoms with Gasteiger partial charge in [0.15, 0.2) is 0 Å². The molecule has 0 spiro atoms. The van der Waals surface area contributed by atoms with E-state index in [4.69, 9.17) is 4.74 Å². The van der Waals surface area contributed by atoms with Crippen LogP contribution in [0.1, 0.15) is 40.0 Å². The van der Waals surface area contributed by atoms with Crippen molar-refractivity contribution in [3.8, 4) is 0 Å². The second-order valence-electron chi connectivity index (χ2n) is 5.23. The minimum Gasteiger partial charge on any atom is -0.379 e. The Labute approximate surface area is 98.1 Å². The van der Waals surface area contributed by atoms with Gasteiger partial charge in [-0.15, -0.1) is 0 Å². The van der Waals surface area contributed by atoms with Gasteiger partial charge in [0.05, 0.1) is 11.6 Å². The average molecular weight is 228 g/mol. The van der Waals surface area contributed by atoms with Gasteiger partial charge >= 0.3 is 0 Å². The summed E-state index contributed by atoms with van der Waals surface area (Å²) in [5.74, 6) is 0.122. The summed E-state index contributed by atoms with van der Waals surface area (Å²) in [6, 6.07) is 0.151. The highest BCUT2D eigenvalue weighted by atomic mass is 16.5. The van der Waals surface area contributed by atoms with Gasteiger partial charge in [-0.05, 0) is 46.6 Å². The summed E-state index contributed by atoms with van der Waals surface area (Å²) in [5.41, 5.74) is -0.185. The normalized spacial score (nSPS) is 23.1. The maximum Gasteiger partial charge on any atom is 0.237 e. The minimum absolute atomic E-state index is 0.00751. The first kappa shape index (κ1) is 13.5. The summed E-state index contributed by atoms with van der Waals surface area (Å²) in [6.07, 6.45) is 2.87. The van der Waals surface area contributed by atoms with Crippen LogP contribution in [0.25, 0.3) is 0 Å². The molecule has 4 heteroatoms. The molecule has 0 aromatic carbocycles. The Bertz CT molecular complexity index is 235. The van der Waals surface area contributed by atoms with Crippen LogP contribution in [-0.4, -0.2) is 37.2 Å². The molecule has 0 aromatic heterocycles. The molecule has 1 fully saturated rings. The highest BCUT2D eigenvalue weighted by molar-refractivity contribution is 5.82. The van der Waals surface area contributed by atoms with Crippen LogP contribution < -0.4 is 10.6 Å². The molecule has 0 bridgehead atoms. The minimum atomic E-state index is -0.185. The zero-order valence-corrected chi connectivity index (χ0v) is 10.8. The summed E-state index contributed by atoms with van der Waals surface area (Å²) >= 11 is 0. The number of carbonyl (C=O) groups excluding carboxylic acids is 1. The smallest absolute Gasteiger partial charge is 0.237 e. The summed E-state index contributed by atoms with van der Waals surface area (Å²) in [6.45, 7) is 7.04. The molecule has 1 rings (SSSR count). The van der Waals surface area contributed by atoms with E-state index >= 15 is 0 Å². The number of ether oxygens (including phenoxy) is 1. The van der Waals surface area contributed by atoms with Crippen LogP contribution in [0.2, 0.25) is 0 Å². The maximum absolute atomic E-state index is 11.8. The van der Waals surface area contributed by atoms with Gasteiger partial charge in [-0.3, -0.25) is 4.79 Å². The second-order valence-corrected chi connectivity index (χ2v) is 5.23. The lowest BCUT2D eigenvalue weighted by Crippen LogP contribution is -2.46. The lowest BCUT2D eigenvalue weighted by molar-refractivity contribution is -0.123. The molecule has 0 aliphatic carbocycles. The van der Waals surface area contributed by atoms with E-state index in [-0.39, 0.29) is 23.6 Å². The van der Waals surface area contributed by atoms with E-state index in [2.05, 4.69) is 10.6 Å². The molecule has 1 amide bonds. The molecule has 0 saturated carbocycles. The summed E-state index contributed by atoms with van der Waals surface area (Å²) < 4.78 is 5.35. The predicted octanol–water partition coefficient (Wildman–Crippen LogP) is 1.06. The van der Waals surface area contributed by atoms with Crippen molar-refractivity contribution in [2.24, 2.45) is 0 Å². The number of hydrogen-bond donors (Lipinski definition) is 2. The maximum atomic E-state index is 11.8. The van der Waals surface area contributed by atoms with Crippen molar-refractivity contribution in [2.45, 2.75) is 57.7 Å². The van der Waals surface area contributed by atoms with E-state index in [1.54, 1.807) is 7.11 Å². The van der Waals surface area contributed by atoms with Gasteiger partial charge in [0.2, 0.25) is 5.91 Å². The van der Waals surface area contributed by atoms with E-state index in [9.17, 15) is 4.79 Å². The Morgan fingerprint density at radius 3 is 2.81 bits per heavy atom. The number of rotatable bonds is 5. The molecule has 1 saturated heterocycles. The van der Waals surface area contributed by atoms with Gasteiger partial charge in [0.1, 0.15) is 0 Å². The number of amides is 1. The number of carbonyl (C=O) groups is 1. The topological polar surface area (TPSA) is 50.4 Å². The van der Waals surface area contributed by atoms with Gasteiger partial charge < -0.3 is 15.4 Å². The summed E-state index contributed by atoms with van der Waals surface area (Å²) in [7, 11) is 1.70. The molecule has 2 unspecified atom stereocenters. The van der Waals surface area contributed by atoms with Crippen molar-refractivity contribution < 1.29 is 9.53 Å². The third kappa shape index (κ3) is 4.10. The standard InChI is InChI=1S/C12H24N2O2/c1-9(8-12(2,3)16-4)14-11(15)10-6-5-7-13-10/h9-10,13H,5-8H2,1-4H3,(H,14,15). The van der Waals surface area contributed by atoms with Gasteiger partial charge in [-0.2, -0.15) is 0 Å². The van der Waals surface area contributed by atoms with Gasteiger partial charge in [0, 0.05) is 13.2 Å². The van der Waals surface area contributed by atoms with Crippen molar-refractivity contribution in [2.75, 3.05) is 13.7 Å². The molecule has 16 heavy (non-hydrogen) atoms. The molecule has 94 valence electrons.